The summed E-state index contributed by atoms with van der Waals surface area (Å²) in [6, 6.07) is 8.71. The van der Waals surface area contributed by atoms with Gasteiger partial charge in [0, 0.05) is 5.69 Å². The summed E-state index contributed by atoms with van der Waals surface area (Å²) in [5.74, 6) is -1.22. The van der Waals surface area contributed by atoms with Crippen LogP contribution in [0.2, 0.25) is 5.02 Å². The van der Waals surface area contributed by atoms with Crippen molar-refractivity contribution in [2.75, 3.05) is 4.72 Å². The highest BCUT2D eigenvalue weighted by Gasteiger charge is 2.17. The Morgan fingerprint density at radius 3 is 2.36 bits per heavy atom. The maximum atomic E-state index is 12.3. The monoisotopic (exact) mass is 339 g/mol. The summed E-state index contributed by atoms with van der Waals surface area (Å²) in [5.41, 5.74) is 1.81. The predicted molar refractivity (Wildman–Crippen MR) is 85.1 cm³/mol. The van der Waals surface area contributed by atoms with Gasteiger partial charge in [-0.2, -0.15) is 0 Å². The van der Waals surface area contributed by atoms with Crippen LogP contribution in [-0.2, 0) is 10.0 Å². The van der Waals surface area contributed by atoms with E-state index in [0.29, 0.717) is 0 Å². The average molecular weight is 340 g/mol. The number of hydrogen-bond donors (Lipinski definition) is 2. The molecule has 0 saturated heterocycles. The summed E-state index contributed by atoms with van der Waals surface area (Å²) < 4.78 is 27.0. The summed E-state index contributed by atoms with van der Waals surface area (Å²) >= 11 is 5.76. The van der Waals surface area contributed by atoms with Gasteiger partial charge in [0.05, 0.1) is 15.5 Å². The van der Waals surface area contributed by atoms with Gasteiger partial charge in [0.25, 0.3) is 10.0 Å². The van der Waals surface area contributed by atoms with Crippen molar-refractivity contribution in [2.24, 2.45) is 0 Å². The first kappa shape index (κ1) is 16.3. The number of nitrogens with one attached hydrogen (secondary N) is 1. The number of carboxylic acids is 1. The van der Waals surface area contributed by atoms with Gasteiger partial charge in [-0.3, -0.25) is 4.72 Å². The molecule has 0 atom stereocenters. The Morgan fingerprint density at radius 1 is 1.09 bits per heavy atom. The second kappa shape index (κ2) is 5.98. The van der Waals surface area contributed by atoms with Crippen molar-refractivity contribution < 1.29 is 18.3 Å². The van der Waals surface area contributed by atoms with Crippen LogP contribution < -0.4 is 4.72 Å². The lowest BCUT2D eigenvalue weighted by molar-refractivity contribution is 0.0697. The van der Waals surface area contributed by atoms with E-state index in [9.17, 15) is 13.2 Å². The third-order valence-electron chi connectivity index (χ3n) is 3.24. The molecule has 0 aliphatic rings. The minimum Gasteiger partial charge on any atom is -0.478 e. The quantitative estimate of drug-likeness (QED) is 0.893. The van der Waals surface area contributed by atoms with E-state index in [-0.39, 0.29) is 21.2 Å². The second-order valence-corrected chi connectivity index (χ2v) is 6.94. The fourth-order valence-electron chi connectivity index (χ4n) is 1.85. The van der Waals surface area contributed by atoms with Crippen molar-refractivity contribution in [1.82, 2.24) is 0 Å². The minimum atomic E-state index is -3.79. The smallest absolute Gasteiger partial charge is 0.337 e. The van der Waals surface area contributed by atoms with E-state index in [1.54, 1.807) is 12.1 Å². The van der Waals surface area contributed by atoms with E-state index in [2.05, 4.69) is 4.72 Å². The average Bonchev–Trinajstić information content (AvgIpc) is 2.43. The number of benzene rings is 2. The van der Waals surface area contributed by atoms with Crippen LogP contribution in [0.5, 0.6) is 0 Å². The van der Waals surface area contributed by atoms with Crippen molar-refractivity contribution in [3.8, 4) is 0 Å². The first-order valence-electron chi connectivity index (χ1n) is 6.33. The Labute approximate surface area is 133 Å². The van der Waals surface area contributed by atoms with E-state index in [4.69, 9.17) is 16.7 Å². The number of hydrogen-bond acceptors (Lipinski definition) is 3. The van der Waals surface area contributed by atoms with Crippen LogP contribution in [0.3, 0.4) is 0 Å². The first-order chi connectivity index (χ1) is 10.2. The predicted octanol–water partition coefficient (Wildman–Crippen LogP) is 3.46. The summed E-state index contributed by atoms with van der Waals surface area (Å²) in [7, 11) is -3.79. The molecule has 0 bridgehead atoms. The fraction of sp³-hybridized carbons (Fsp3) is 0.133. The highest BCUT2D eigenvalue weighted by molar-refractivity contribution is 7.92. The van der Waals surface area contributed by atoms with E-state index in [0.717, 1.165) is 11.1 Å². The molecule has 0 aliphatic carbocycles. The molecule has 0 amide bonds. The molecule has 0 heterocycles. The Bertz CT molecular complexity index is 847. The van der Waals surface area contributed by atoms with Crippen LogP contribution in [0.4, 0.5) is 5.69 Å². The molecule has 0 radical (unpaired) electrons. The SMILES string of the molecule is Cc1ccc(S(=O)(=O)Nc2ccc(Cl)c(C(=O)O)c2)cc1C. The lowest BCUT2D eigenvalue weighted by Crippen LogP contribution is -2.13. The van der Waals surface area contributed by atoms with Crippen LogP contribution in [0.25, 0.3) is 0 Å². The number of sulfonamides is 1. The highest BCUT2D eigenvalue weighted by Crippen LogP contribution is 2.23. The molecule has 0 unspecified atom stereocenters. The number of aromatic carboxylic acids is 1. The van der Waals surface area contributed by atoms with Crippen molar-refractivity contribution in [2.45, 2.75) is 18.7 Å². The van der Waals surface area contributed by atoms with E-state index in [1.165, 1.54) is 24.3 Å². The van der Waals surface area contributed by atoms with Gasteiger partial charge in [-0.05, 0) is 55.3 Å². The molecule has 2 aromatic carbocycles. The maximum Gasteiger partial charge on any atom is 0.337 e. The van der Waals surface area contributed by atoms with Crippen LogP contribution >= 0.6 is 11.6 Å². The Kier molecular flexibility index (Phi) is 4.44. The second-order valence-electron chi connectivity index (χ2n) is 4.85. The van der Waals surface area contributed by atoms with Gasteiger partial charge in [0.15, 0.2) is 0 Å². The van der Waals surface area contributed by atoms with Gasteiger partial charge in [0.1, 0.15) is 0 Å². The zero-order chi connectivity index (χ0) is 16.5. The lowest BCUT2D eigenvalue weighted by atomic mass is 10.1. The standard InChI is InChI=1S/C15H14ClNO4S/c1-9-3-5-12(7-10(9)2)22(20,21)17-11-4-6-14(16)13(8-11)15(18)19/h3-8,17H,1-2H3,(H,18,19). The molecule has 7 heteroatoms. The number of carbonyl (C=O) groups is 1. The van der Waals surface area contributed by atoms with Gasteiger partial charge >= 0.3 is 5.97 Å². The van der Waals surface area contributed by atoms with E-state index < -0.39 is 16.0 Å². The summed E-state index contributed by atoms with van der Waals surface area (Å²) in [6.45, 7) is 3.71. The van der Waals surface area contributed by atoms with Gasteiger partial charge in [-0.1, -0.05) is 17.7 Å². The van der Waals surface area contributed by atoms with Crippen LogP contribution in [-0.4, -0.2) is 19.5 Å². The van der Waals surface area contributed by atoms with E-state index >= 15 is 0 Å². The zero-order valence-corrected chi connectivity index (χ0v) is 13.5. The zero-order valence-electron chi connectivity index (χ0n) is 11.9. The Hall–Kier alpha value is -2.05. The molecule has 116 valence electrons. The molecule has 0 aliphatic heterocycles. The molecule has 2 aromatic rings. The normalized spacial score (nSPS) is 11.2. The van der Waals surface area contributed by atoms with Crippen molar-refractivity contribution in [1.29, 1.82) is 0 Å². The number of anilines is 1. The molecule has 2 rings (SSSR count). The Morgan fingerprint density at radius 2 is 1.77 bits per heavy atom. The number of rotatable bonds is 4. The van der Waals surface area contributed by atoms with Gasteiger partial charge in [-0.15, -0.1) is 0 Å². The van der Waals surface area contributed by atoms with Gasteiger partial charge in [-0.25, -0.2) is 13.2 Å². The molecular weight excluding hydrogens is 326 g/mol. The topological polar surface area (TPSA) is 83.5 Å². The van der Waals surface area contributed by atoms with Gasteiger partial charge < -0.3 is 5.11 Å². The van der Waals surface area contributed by atoms with Crippen molar-refractivity contribution in [3.05, 3.63) is 58.1 Å². The highest BCUT2D eigenvalue weighted by atomic mass is 35.5. The number of halogens is 1. The fourth-order valence-corrected chi connectivity index (χ4v) is 3.18. The third-order valence-corrected chi connectivity index (χ3v) is 4.95. The summed E-state index contributed by atoms with van der Waals surface area (Å²) in [6.07, 6.45) is 0. The lowest BCUT2D eigenvalue weighted by Gasteiger charge is -2.10. The van der Waals surface area contributed by atoms with Crippen LogP contribution in [0, 0.1) is 13.8 Å². The van der Waals surface area contributed by atoms with Crippen LogP contribution in [0.1, 0.15) is 21.5 Å². The first-order valence-corrected chi connectivity index (χ1v) is 8.20. The van der Waals surface area contributed by atoms with Crippen molar-refractivity contribution >= 4 is 33.3 Å². The Balaban J connectivity index is 2.38. The summed E-state index contributed by atoms with van der Waals surface area (Å²) in [5, 5.41) is 9.05. The summed E-state index contributed by atoms with van der Waals surface area (Å²) in [4.78, 5) is 11.1. The third kappa shape index (κ3) is 3.40. The van der Waals surface area contributed by atoms with Crippen molar-refractivity contribution in [3.63, 3.8) is 0 Å². The van der Waals surface area contributed by atoms with Gasteiger partial charge in [0.2, 0.25) is 0 Å². The molecule has 0 fully saturated rings. The molecule has 5 nitrogen and oxygen atoms in total. The number of aryl methyl sites for hydroxylation is 2. The molecular formula is C15H14ClNO4S. The molecule has 0 spiro atoms. The molecule has 0 aromatic heterocycles. The largest absolute Gasteiger partial charge is 0.478 e. The van der Waals surface area contributed by atoms with E-state index in [1.807, 2.05) is 13.8 Å². The maximum absolute atomic E-state index is 12.3. The number of carboxylic acid groups (broad SMARTS) is 1. The minimum absolute atomic E-state index is 0.0432. The van der Waals surface area contributed by atoms with Crippen LogP contribution in [0.15, 0.2) is 41.3 Å². The molecule has 22 heavy (non-hydrogen) atoms. The molecule has 2 N–H and O–H groups in total. The molecule has 0 saturated carbocycles.